The third kappa shape index (κ3) is 4.82. The van der Waals surface area contributed by atoms with Crippen LogP contribution < -0.4 is 0 Å². The Morgan fingerprint density at radius 2 is 1.90 bits per heavy atom. The number of rotatable bonds is 4. The number of ether oxygens (including phenoxy) is 2. The molecule has 1 aliphatic rings. The fourth-order valence-corrected chi connectivity index (χ4v) is 5.72. The highest BCUT2D eigenvalue weighted by atomic mass is 32.2. The van der Waals surface area contributed by atoms with Crippen LogP contribution in [0.2, 0.25) is 0 Å². The zero-order chi connectivity index (χ0) is 21.4. The number of amides is 1. The zero-order valence-electron chi connectivity index (χ0n) is 17.3. The molecule has 1 aromatic carbocycles. The lowest BCUT2D eigenvalue weighted by molar-refractivity contribution is -0.0624. The number of carbonyl (C=O) groups is 1. The highest BCUT2D eigenvalue weighted by Crippen LogP contribution is 2.31. The smallest absolute Gasteiger partial charge is 0.412 e. The van der Waals surface area contributed by atoms with Gasteiger partial charge in [-0.2, -0.15) is 0 Å². The van der Waals surface area contributed by atoms with Crippen LogP contribution in [0.15, 0.2) is 50.9 Å². The molecule has 0 aliphatic carbocycles. The molecule has 1 fully saturated rings. The van der Waals surface area contributed by atoms with E-state index in [4.69, 9.17) is 9.47 Å². The number of nitrogens with zero attached hydrogens (tertiary/aromatic N) is 1. The van der Waals surface area contributed by atoms with Crippen molar-refractivity contribution in [2.45, 2.75) is 67.5 Å². The van der Waals surface area contributed by atoms with E-state index in [9.17, 15) is 13.2 Å². The average molecular weight is 438 g/mol. The minimum Gasteiger partial charge on any atom is -0.444 e. The largest absolute Gasteiger partial charge is 0.444 e. The summed E-state index contributed by atoms with van der Waals surface area (Å²) in [6.07, 6.45) is 0.129. The van der Waals surface area contributed by atoms with Gasteiger partial charge in [0.25, 0.3) is 0 Å². The molecule has 2 heterocycles. The highest BCUT2D eigenvalue weighted by Gasteiger charge is 2.45. The second-order valence-corrected chi connectivity index (χ2v) is 11.7. The maximum Gasteiger partial charge on any atom is 0.412 e. The predicted octanol–water partition coefficient (Wildman–Crippen LogP) is 4.50. The monoisotopic (exact) mass is 437 g/mol. The lowest BCUT2D eigenvalue weighted by atomic mass is 10.1. The number of sulfone groups is 1. The Morgan fingerprint density at radius 3 is 2.45 bits per heavy atom. The Morgan fingerprint density at radius 1 is 1.24 bits per heavy atom. The lowest BCUT2D eigenvalue weighted by Crippen LogP contribution is -2.50. The van der Waals surface area contributed by atoms with Crippen LogP contribution in [0.1, 0.15) is 40.2 Å². The quantitative estimate of drug-likeness (QED) is 0.704. The van der Waals surface area contributed by atoms with Crippen molar-refractivity contribution in [1.82, 2.24) is 4.90 Å². The molecule has 6 nitrogen and oxygen atoms in total. The summed E-state index contributed by atoms with van der Waals surface area (Å²) >= 11 is 1.20. The van der Waals surface area contributed by atoms with E-state index in [0.717, 1.165) is 5.56 Å². The van der Waals surface area contributed by atoms with E-state index in [1.807, 2.05) is 34.6 Å². The Labute approximate surface area is 176 Å². The second kappa shape index (κ2) is 7.74. The van der Waals surface area contributed by atoms with Gasteiger partial charge in [-0.3, -0.25) is 4.90 Å². The van der Waals surface area contributed by atoms with Gasteiger partial charge in [0, 0.05) is 0 Å². The Bertz CT molecular complexity index is 958. The molecular formula is C21H27NO5S2. The van der Waals surface area contributed by atoms with E-state index in [2.05, 4.69) is 0 Å². The summed E-state index contributed by atoms with van der Waals surface area (Å²) in [4.78, 5) is 14.6. The van der Waals surface area contributed by atoms with Gasteiger partial charge in [-0.05, 0) is 70.2 Å². The fraction of sp³-hybridized carbons (Fsp3) is 0.476. The van der Waals surface area contributed by atoms with Gasteiger partial charge in [0.15, 0.2) is 0 Å². The van der Waals surface area contributed by atoms with E-state index in [1.165, 1.54) is 11.3 Å². The molecule has 0 saturated carbocycles. The van der Waals surface area contributed by atoms with Gasteiger partial charge in [0.05, 0.1) is 17.5 Å². The summed E-state index contributed by atoms with van der Waals surface area (Å²) in [6, 6.07) is 9.94. The molecule has 29 heavy (non-hydrogen) atoms. The molecule has 0 N–H and O–H groups in total. The van der Waals surface area contributed by atoms with Crippen LogP contribution in [0.5, 0.6) is 0 Å². The summed E-state index contributed by atoms with van der Waals surface area (Å²) < 4.78 is 37.0. The molecule has 1 saturated heterocycles. The van der Waals surface area contributed by atoms with Gasteiger partial charge in [-0.15, -0.1) is 11.3 Å². The van der Waals surface area contributed by atoms with E-state index < -0.39 is 27.3 Å². The Balaban J connectivity index is 1.77. The molecule has 0 bridgehead atoms. The van der Waals surface area contributed by atoms with Crippen molar-refractivity contribution in [3.63, 3.8) is 0 Å². The van der Waals surface area contributed by atoms with Crippen molar-refractivity contribution in [2.75, 3.05) is 6.61 Å². The van der Waals surface area contributed by atoms with Crippen LogP contribution in [0, 0.1) is 0 Å². The molecule has 1 amide bonds. The van der Waals surface area contributed by atoms with E-state index >= 15 is 0 Å². The second-order valence-electron chi connectivity index (χ2n) is 8.55. The lowest BCUT2D eigenvalue weighted by Gasteiger charge is -2.35. The van der Waals surface area contributed by atoms with Gasteiger partial charge in [0.2, 0.25) is 9.84 Å². The van der Waals surface area contributed by atoms with Crippen LogP contribution in [0.25, 0.3) is 0 Å². The predicted molar refractivity (Wildman–Crippen MR) is 112 cm³/mol. The summed E-state index contributed by atoms with van der Waals surface area (Å²) in [5, 5.41) is 1.74. The Hall–Kier alpha value is -1.90. The minimum absolute atomic E-state index is 0.195. The summed E-state index contributed by atoms with van der Waals surface area (Å²) in [6.45, 7) is 9.56. The van der Waals surface area contributed by atoms with E-state index in [1.54, 1.807) is 46.7 Å². The molecule has 1 aromatic heterocycles. The molecule has 0 spiro atoms. The van der Waals surface area contributed by atoms with Gasteiger partial charge in [-0.25, -0.2) is 13.2 Å². The minimum atomic E-state index is -3.49. The fourth-order valence-electron chi connectivity index (χ4n) is 3.32. The Kier molecular flexibility index (Phi) is 5.82. The summed E-state index contributed by atoms with van der Waals surface area (Å²) in [5.41, 5.74) is -0.442. The third-order valence-corrected chi connectivity index (χ3v) is 7.80. The molecular weight excluding hydrogens is 410 g/mol. The molecule has 1 atom stereocenters. The first kappa shape index (κ1) is 21.8. The molecule has 0 unspecified atom stereocenters. The maximum absolute atomic E-state index is 12.7. The molecule has 1 aliphatic heterocycles. The first-order chi connectivity index (χ1) is 13.4. The van der Waals surface area contributed by atoms with Crippen molar-refractivity contribution in [3.8, 4) is 0 Å². The zero-order valence-corrected chi connectivity index (χ0v) is 19.0. The van der Waals surface area contributed by atoms with Crippen molar-refractivity contribution in [3.05, 3.63) is 47.3 Å². The van der Waals surface area contributed by atoms with Crippen LogP contribution in [0.3, 0.4) is 0 Å². The number of thiophene rings is 1. The molecule has 3 rings (SSSR count). The first-order valence-corrected chi connectivity index (χ1v) is 11.8. The molecule has 2 aromatic rings. The van der Waals surface area contributed by atoms with Crippen LogP contribution in [-0.4, -0.2) is 43.4 Å². The average Bonchev–Trinajstić information content (AvgIpc) is 3.22. The van der Waals surface area contributed by atoms with Crippen LogP contribution >= 0.6 is 11.3 Å². The standard InChI is InChI=1S/C21H27NO5S2/c1-20(2,3)27-19(23)22-16(14-26-21(22,4)5)13-15-8-10-17(11-9-15)29(24,25)18-7-6-12-28-18/h6-12,16H,13-14H2,1-5H3/t16-/m0/s1. The van der Waals surface area contributed by atoms with Crippen molar-refractivity contribution < 1.29 is 22.7 Å². The third-order valence-electron chi connectivity index (χ3n) is 4.63. The van der Waals surface area contributed by atoms with Gasteiger partial charge in [0.1, 0.15) is 15.5 Å². The van der Waals surface area contributed by atoms with Gasteiger partial charge in [-0.1, -0.05) is 18.2 Å². The van der Waals surface area contributed by atoms with Gasteiger partial charge < -0.3 is 9.47 Å². The van der Waals surface area contributed by atoms with E-state index in [0.29, 0.717) is 17.2 Å². The number of carbonyl (C=O) groups excluding carboxylic acids is 1. The summed E-state index contributed by atoms with van der Waals surface area (Å²) in [5.74, 6) is 0. The topological polar surface area (TPSA) is 72.9 Å². The SMILES string of the molecule is CC(C)(C)OC(=O)N1[C@@H](Cc2ccc(S(=O)(=O)c3cccs3)cc2)COC1(C)C. The highest BCUT2D eigenvalue weighted by molar-refractivity contribution is 7.93. The van der Waals surface area contributed by atoms with Crippen molar-refractivity contribution in [2.24, 2.45) is 0 Å². The number of hydrogen-bond acceptors (Lipinski definition) is 6. The number of benzene rings is 1. The van der Waals surface area contributed by atoms with Crippen LogP contribution in [-0.2, 0) is 25.7 Å². The van der Waals surface area contributed by atoms with Crippen LogP contribution in [0.4, 0.5) is 4.79 Å². The normalized spacial score (nSPS) is 19.3. The van der Waals surface area contributed by atoms with Gasteiger partial charge >= 0.3 is 6.09 Å². The number of hydrogen-bond donors (Lipinski definition) is 0. The maximum atomic E-state index is 12.7. The first-order valence-electron chi connectivity index (χ1n) is 9.44. The van der Waals surface area contributed by atoms with Crippen molar-refractivity contribution in [1.29, 1.82) is 0 Å². The summed E-state index contributed by atoms with van der Waals surface area (Å²) in [7, 11) is -3.49. The molecule has 8 heteroatoms. The molecule has 158 valence electrons. The van der Waals surface area contributed by atoms with Crippen molar-refractivity contribution >= 4 is 27.3 Å². The molecule has 0 radical (unpaired) electrons. The van der Waals surface area contributed by atoms with E-state index in [-0.39, 0.29) is 10.9 Å².